The van der Waals surface area contributed by atoms with Crippen molar-refractivity contribution in [1.82, 2.24) is 9.97 Å². The fraction of sp³-hybridized carbons (Fsp3) is 0.667. The summed E-state index contributed by atoms with van der Waals surface area (Å²) < 4.78 is 10.7. The van der Waals surface area contributed by atoms with E-state index in [-0.39, 0.29) is 0 Å². The molecule has 0 aliphatic rings. The minimum absolute atomic E-state index is 0.563. The molecule has 0 saturated carbocycles. The van der Waals surface area contributed by atoms with Gasteiger partial charge in [-0.2, -0.15) is 0 Å². The van der Waals surface area contributed by atoms with Gasteiger partial charge in [0.05, 0.1) is 31.3 Å². The van der Waals surface area contributed by atoms with Gasteiger partial charge in [0.2, 0.25) is 5.95 Å². The first-order chi connectivity index (χ1) is 8.77. The maximum absolute atomic E-state index is 5.58. The SMILES string of the molecule is CCOCCN(CCOCC)c1ncc(N)cn1. The lowest BCUT2D eigenvalue weighted by Crippen LogP contribution is -2.32. The van der Waals surface area contributed by atoms with E-state index in [1.165, 1.54) is 0 Å². The van der Waals surface area contributed by atoms with E-state index in [0.29, 0.717) is 38.1 Å². The van der Waals surface area contributed by atoms with Crippen LogP contribution in [0.5, 0.6) is 0 Å². The molecule has 0 atom stereocenters. The first kappa shape index (κ1) is 14.7. The summed E-state index contributed by atoms with van der Waals surface area (Å²) >= 11 is 0. The van der Waals surface area contributed by atoms with Gasteiger partial charge >= 0.3 is 0 Å². The number of aromatic nitrogens is 2. The first-order valence-corrected chi connectivity index (χ1v) is 6.25. The van der Waals surface area contributed by atoms with Crippen molar-refractivity contribution in [2.24, 2.45) is 0 Å². The molecule has 0 bridgehead atoms. The molecule has 0 fully saturated rings. The molecule has 6 nitrogen and oxygen atoms in total. The Bertz CT molecular complexity index is 308. The van der Waals surface area contributed by atoms with Gasteiger partial charge in [-0.15, -0.1) is 0 Å². The van der Waals surface area contributed by atoms with E-state index in [9.17, 15) is 0 Å². The Morgan fingerprint density at radius 3 is 2.00 bits per heavy atom. The van der Waals surface area contributed by atoms with Gasteiger partial charge in [-0.25, -0.2) is 9.97 Å². The zero-order valence-electron chi connectivity index (χ0n) is 11.1. The number of nitrogens with two attached hydrogens (primary N) is 1. The molecular formula is C12H22N4O2. The van der Waals surface area contributed by atoms with Gasteiger partial charge in [0, 0.05) is 26.3 Å². The zero-order chi connectivity index (χ0) is 13.2. The van der Waals surface area contributed by atoms with Crippen LogP contribution in [0.1, 0.15) is 13.8 Å². The van der Waals surface area contributed by atoms with Gasteiger partial charge in [-0.3, -0.25) is 0 Å². The van der Waals surface area contributed by atoms with Crippen LogP contribution in [0.2, 0.25) is 0 Å². The van der Waals surface area contributed by atoms with Crippen LogP contribution in [0.15, 0.2) is 12.4 Å². The lowest BCUT2D eigenvalue weighted by molar-refractivity contribution is 0.141. The lowest BCUT2D eigenvalue weighted by Gasteiger charge is -2.22. The molecule has 1 rings (SSSR count). The summed E-state index contributed by atoms with van der Waals surface area (Å²) in [4.78, 5) is 10.5. The second-order valence-electron chi connectivity index (χ2n) is 3.70. The van der Waals surface area contributed by atoms with Gasteiger partial charge in [0.25, 0.3) is 0 Å². The van der Waals surface area contributed by atoms with Crippen LogP contribution in [0, 0.1) is 0 Å². The fourth-order valence-electron chi connectivity index (χ4n) is 1.44. The van der Waals surface area contributed by atoms with Crippen molar-refractivity contribution in [3.05, 3.63) is 12.4 Å². The van der Waals surface area contributed by atoms with Crippen molar-refractivity contribution < 1.29 is 9.47 Å². The summed E-state index contributed by atoms with van der Waals surface area (Å²) in [5.41, 5.74) is 6.14. The van der Waals surface area contributed by atoms with E-state index in [2.05, 4.69) is 9.97 Å². The molecule has 0 saturated heterocycles. The minimum atomic E-state index is 0.563. The summed E-state index contributed by atoms with van der Waals surface area (Å²) in [6.45, 7) is 8.15. The number of nitrogens with zero attached hydrogens (tertiary/aromatic N) is 3. The van der Waals surface area contributed by atoms with Gasteiger partial charge in [0.15, 0.2) is 0 Å². The predicted octanol–water partition coefficient (Wildman–Crippen LogP) is 0.938. The van der Waals surface area contributed by atoms with Gasteiger partial charge in [-0.1, -0.05) is 0 Å². The average Bonchev–Trinajstić information content (AvgIpc) is 2.38. The third-order valence-corrected chi connectivity index (χ3v) is 2.36. The molecule has 18 heavy (non-hydrogen) atoms. The Morgan fingerprint density at radius 1 is 1.06 bits per heavy atom. The second-order valence-corrected chi connectivity index (χ2v) is 3.70. The Kier molecular flexibility index (Phi) is 7.05. The van der Waals surface area contributed by atoms with Gasteiger partial charge < -0.3 is 20.1 Å². The summed E-state index contributed by atoms with van der Waals surface area (Å²) in [5, 5.41) is 0. The number of ether oxygens (including phenoxy) is 2. The standard InChI is InChI=1S/C12H22N4O2/c1-3-17-7-5-16(6-8-18-4-2)12-14-9-11(13)10-15-12/h9-10H,3-8,13H2,1-2H3. The van der Waals surface area contributed by atoms with Crippen molar-refractivity contribution in [1.29, 1.82) is 0 Å². The van der Waals surface area contributed by atoms with Crippen molar-refractivity contribution in [3.8, 4) is 0 Å². The van der Waals surface area contributed by atoms with Crippen LogP contribution in [-0.4, -0.2) is 49.5 Å². The molecule has 2 N–H and O–H groups in total. The van der Waals surface area contributed by atoms with E-state index >= 15 is 0 Å². The summed E-state index contributed by atoms with van der Waals surface area (Å²) in [5.74, 6) is 0.656. The molecule has 0 unspecified atom stereocenters. The molecule has 1 heterocycles. The molecule has 1 aromatic heterocycles. The predicted molar refractivity (Wildman–Crippen MR) is 71.6 cm³/mol. The highest BCUT2D eigenvalue weighted by atomic mass is 16.5. The van der Waals surface area contributed by atoms with Crippen LogP contribution in [0.25, 0.3) is 0 Å². The largest absolute Gasteiger partial charge is 0.396 e. The van der Waals surface area contributed by atoms with E-state index < -0.39 is 0 Å². The number of anilines is 2. The van der Waals surface area contributed by atoms with Crippen LogP contribution in [-0.2, 0) is 9.47 Å². The third kappa shape index (κ3) is 5.29. The quantitative estimate of drug-likeness (QED) is 0.661. The van der Waals surface area contributed by atoms with E-state index in [1.807, 2.05) is 18.7 Å². The van der Waals surface area contributed by atoms with Crippen LogP contribution in [0.3, 0.4) is 0 Å². The molecule has 0 spiro atoms. The Labute approximate surface area is 108 Å². The highest BCUT2D eigenvalue weighted by molar-refractivity contribution is 5.37. The molecule has 0 aliphatic heterocycles. The number of rotatable bonds is 9. The third-order valence-electron chi connectivity index (χ3n) is 2.36. The van der Waals surface area contributed by atoms with Gasteiger partial charge in [0.1, 0.15) is 0 Å². The van der Waals surface area contributed by atoms with Crippen molar-refractivity contribution >= 4 is 11.6 Å². The van der Waals surface area contributed by atoms with Crippen LogP contribution < -0.4 is 10.6 Å². The number of nitrogen functional groups attached to an aromatic ring is 1. The summed E-state index contributed by atoms with van der Waals surface area (Å²) in [6, 6.07) is 0. The van der Waals surface area contributed by atoms with Crippen molar-refractivity contribution in [2.45, 2.75) is 13.8 Å². The molecular weight excluding hydrogens is 232 g/mol. The van der Waals surface area contributed by atoms with Crippen molar-refractivity contribution in [3.63, 3.8) is 0 Å². The van der Waals surface area contributed by atoms with Crippen molar-refractivity contribution in [2.75, 3.05) is 50.2 Å². The first-order valence-electron chi connectivity index (χ1n) is 6.25. The zero-order valence-corrected chi connectivity index (χ0v) is 11.1. The molecule has 6 heteroatoms. The summed E-state index contributed by atoms with van der Waals surface area (Å²) in [7, 11) is 0. The maximum Gasteiger partial charge on any atom is 0.225 e. The molecule has 0 radical (unpaired) electrons. The van der Waals surface area contributed by atoms with Crippen LogP contribution in [0.4, 0.5) is 11.6 Å². The Balaban J connectivity index is 2.54. The Hall–Kier alpha value is -1.40. The van der Waals surface area contributed by atoms with E-state index in [1.54, 1.807) is 12.4 Å². The maximum atomic E-state index is 5.58. The highest BCUT2D eigenvalue weighted by Gasteiger charge is 2.08. The average molecular weight is 254 g/mol. The molecule has 0 amide bonds. The molecule has 0 aliphatic carbocycles. The highest BCUT2D eigenvalue weighted by Crippen LogP contribution is 2.07. The van der Waals surface area contributed by atoms with Gasteiger partial charge in [-0.05, 0) is 13.8 Å². The molecule has 0 aromatic carbocycles. The smallest absolute Gasteiger partial charge is 0.225 e. The van der Waals surface area contributed by atoms with E-state index in [0.717, 1.165) is 13.1 Å². The minimum Gasteiger partial charge on any atom is -0.396 e. The molecule has 1 aromatic rings. The Morgan fingerprint density at radius 2 is 1.56 bits per heavy atom. The molecule has 102 valence electrons. The topological polar surface area (TPSA) is 73.5 Å². The second kappa shape index (κ2) is 8.66. The summed E-state index contributed by atoms with van der Waals surface area (Å²) in [6.07, 6.45) is 3.22. The number of hydrogen-bond donors (Lipinski definition) is 1. The lowest BCUT2D eigenvalue weighted by atomic mass is 10.5. The number of hydrogen-bond acceptors (Lipinski definition) is 6. The normalized spacial score (nSPS) is 10.6. The monoisotopic (exact) mass is 254 g/mol. The van der Waals surface area contributed by atoms with Crippen LogP contribution >= 0.6 is 0 Å². The van der Waals surface area contributed by atoms with E-state index in [4.69, 9.17) is 15.2 Å². The fourth-order valence-corrected chi connectivity index (χ4v) is 1.44.